The van der Waals surface area contributed by atoms with Crippen molar-refractivity contribution in [3.8, 4) is 5.75 Å². The molecule has 104 valence electrons. The molecule has 1 atom stereocenters. The molecule has 1 aromatic rings. The lowest BCUT2D eigenvalue weighted by Gasteiger charge is -2.15. The Bertz CT molecular complexity index is 465. The largest absolute Gasteiger partial charge is 0.490 e. The Morgan fingerprint density at radius 1 is 1.58 bits per heavy atom. The van der Waals surface area contributed by atoms with Crippen LogP contribution in [0.25, 0.3) is 0 Å². The van der Waals surface area contributed by atoms with Gasteiger partial charge in [-0.1, -0.05) is 17.7 Å². The molecule has 19 heavy (non-hydrogen) atoms. The fourth-order valence-electron chi connectivity index (χ4n) is 1.88. The van der Waals surface area contributed by atoms with Crippen molar-refractivity contribution in [2.45, 2.75) is 13.0 Å². The maximum Gasteiger partial charge on any atom is 0.317 e. The van der Waals surface area contributed by atoms with E-state index >= 15 is 0 Å². The Morgan fingerprint density at radius 3 is 2.95 bits per heavy atom. The van der Waals surface area contributed by atoms with Crippen molar-refractivity contribution < 1.29 is 14.6 Å². The number of rotatable bonds is 5. The van der Waals surface area contributed by atoms with Crippen molar-refractivity contribution >= 4 is 17.6 Å². The van der Waals surface area contributed by atoms with Gasteiger partial charge in [-0.2, -0.15) is 0 Å². The van der Waals surface area contributed by atoms with Crippen molar-refractivity contribution in [3.05, 3.63) is 28.8 Å². The van der Waals surface area contributed by atoms with Crippen LogP contribution in [0, 0.1) is 0 Å². The Kier molecular flexibility index (Phi) is 4.50. The Balaban J connectivity index is 1.87. The summed E-state index contributed by atoms with van der Waals surface area (Å²) in [6.07, 6.45) is -0.556. The topological polar surface area (TPSA) is 61.8 Å². The van der Waals surface area contributed by atoms with Gasteiger partial charge in [-0.15, -0.1) is 0 Å². The lowest BCUT2D eigenvalue weighted by molar-refractivity contribution is 0.198. The van der Waals surface area contributed by atoms with Gasteiger partial charge in [0.25, 0.3) is 0 Å². The third-order valence-electron chi connectivity index (χ3n) is 3.00. The zero-order valence-electron chi connectivity index (χ0n) is 10.7. The summed E-state index contributed by atoms with van der Waals surface area (Å²) < 4.78 is 5.55. The number of benzene rings is 1. The highest BCUT2D eigenvalue weighted by atomic mass is 35.5. The summed E-state index contributed by atoms with van der Waals surface area (Å²) in [7, 11) is 0. The summed E-state index contributed by atoms with van der Waals surface area (Å²) in [5.74, 6) is 0.561. The predicted molar refractivity (Wildman–Crippen MR) is 72.6 cm³/mol. The molecule has 0 bridgehead atoms. The van der Waals surface area contributed by atoms with Crippen LogP contribution in [0.4, 0.5) is 4.79 Å². The first-order valence-corrected chi connectivity index (χ1v) is 6.59. The predicted octanol–water partition coefficient (Wildman–Crippen LogP) is 1.80. The van der Waals surface area contributed by atoms with Gasteiger partial charge in [0.2, 0.25) is 0 Å². The first kappa shape index (κ1) is 14.0. The molecule has 0 spiro atoms. The number of aliphatic hydroxyl groups excluding tert-OH is 1. The molecule has 1 saturated heterocycles. The zero-order chi connectivity index (χ0) is 13.8. The number of hydrogen-bond donors (Lipinski definition) is 2. The summed E-state index contributed by atoms with van der Waals surface area (Å²) in [4.78, 5) is 13.0. The second kappa shape index (κ2) is 6.12. The molecule has 0 radical (unpaired) electrons. The number of nitrogens with one attached hydrogen (secondary N) is 1. The molecule has 5 nitrogen and oxygen atoms in total. The molecule has 2 rings (SSSR count). The molecule has 1 unspecified atom stereocenters. The standard InChI is InChI=1S/C13H17ClN2O3/c1-9(17)10-2-3-12(11(14)8-10)19-7-6-16-5-4-15-13(16)18/h2-3,8-9,17H,4-7H2,1H3,(H,15,18). The van der Waals surface area contributed by atoms with Gasteiger partial charge in [0.15, 0.2) is 0 Å². The zero-order valence-corrected chi connectivity index (χ0v) is 11.5. The van der Waals surface area contributed by atoms with Gasteiger partial charge < -0.3 is 20.1 Å². The van der Waals surface area contributed by atoms with Crippen LogP contribution < -0.4 is 10.1 Å². The van der Waals surface area contributed by atoms with E-state index in [1.165, 1.54) is 0 Å². The number of amides is 2. The van der Waals surface area contributed by atoms with E-state index in [0.29, 0.717) is 37.0 Å². The van der Waals surface area contributed by atoms with Gasteiger partial charge in [0.05, 0.1) is 17.7 Å². The van der Waals surface area contributed by atoms with Crippen LogP contribution in [-0.4, -0.2) is 42.3 Å². The van der Waals surface area contributed by atoms with Crippen LogP contribution in [-0.2, 0) is 0 Å². The van der Waals surface area contributed by atoms with E-state index in [9.17, 15) is 9.90 Å². The summed E-state index contributed by atoms with van der Waals surface area (Å²) in [5.41, 5.74) is 0.747. The molecule has 1 aliphatic rings. The summed E-state index contributed by atoms with van der Waals surface area (Å²) in [5, 5.41) is 12.6. The molecular weight excluding hydrogens is 268 g/mol. The molecule has 2 N–H and O–H groups in total. The summed E-state index contributed by atoms with van der Waals surface area (Å²) in [6, 6.07) is 5.13. The lowest BCUT2D eigenvalue weighted by Crippen LogP contribution is -2.31. The number of carbonyl (C=O) groups excluding carboxylic acids is 1. The monoisotopic (exact) mass is 284 g/mol. The molecule has 1 fully saturated rings. The van der Waals surface area contributed by atoms with Crippen molar-refractivity contribution in [3.63, 3.8) is 0 Å². The molecule has 1 heterocycles. The SMILES string of the molecule is CC(O)c1ccc(OCCN2CCNC2=O)c(Cl)c1. The van der Waals surface area contributed by atoms with Crippen LogP contribution in [0.3, 0.4) is 0 Å². The second-order valence-corrected chi connectivity index (χ2v) is 4.84. The number of nitrogens with zero attached hydrogens (tertiary/aromatic N) is 1. The van der Waals surface area contributed by atoms with Gasteiger partial charge in [-0.05, 0) is 24.6 Å². The highest BCUT2D eigenvalue weighted by Gasteiger charge is 2.18. The van der Waals surface area contributed by atoms with E-state index in [1.807, 2.05) is 0 Å². The lowest BCUT2D eigenvalue weighted by atomic mass is 10.1. The number of ether oxygens (including phenoxy) is 1. The number of carbonyl (C=O) groups is 1. The highest BCUT2D eigenvalue weighted by Crippen LogP contribution is 2.27. The first-order chi connectivity index (χ1) is 9.08. The molecule has 1 aromatic carbocycles. The highest BCUT2D eigenvalue weighted by molar-refractivity contribution is 6.32. The molecule has 0 aliphatic carbocycles. The van der Waals surface area contributed by atoms with Crippen molar-refractivity contribution in [2.75, 3.05) is 26.2 Å². The Labute approximate surface area is 117 Å². The quantitative estimate of drug-likeness (QED) is 0.867. The fraction of sp³-hybridized carbons (Fsp3) is 0.462. The second-order valence-electron chi connectivity index (χ2n) is 4.43. The van der Waals surface area contributed by atoms with Crippen LogP contribution in [0.5, 0.6) is 5.75 Å². The van der Waals surface area contributed by atoms with E-state index in [4.69, 9.17) is 16.3 Å². The van der Waals surface area contributed by atoms with E-state index < -0.39 is 6.10 Å². The third-order valence-corrected chi connectivity index (χ3v) is 3.30. The minimum atomic E-state index is -0.556. The Hall–Kier alpha value is -1.46. The van der Waals surface area contributed by atoms with Gasteiger partial charge in [0, 0.05) is 13.1 Å². The van der Waals surface area contributed by atoms with Gasteiger partial charge in [0.1, 0.15) is 12.4 Å². The van der Waals surface area contributed by atoms with E-state index in [0.717, 1.165) is 5.56 Å². The minimum Gasteiger partial charge on any atom is -0.490 e. The molecular formula is C13H17ClN2O3. The van der Waals surface area contributed by atoms with Crippen LogP contribution in [0.1, 0.15) is 18.6 Å². The van der Waals surface area contributed by atoms with E-state index in [-0.39, 0.29) is 6.03 Å². The van der Waals surface area contributed by atoms with Crippen molar-refractivity contribution in [2.24, 2.45) is 0 Å². The van der Waals surface area contributed by atoms with E-state index in [2.05, 4.69) is 5.32 Å². The van der Waals surface area contributed by atoms with Gasteiger partial charge in [-0.25, -0.2) is 4.79 Å². The maximum atomic E-state index is 11.3. The maximum absolute atomic E-state index is 11.3. The summed E-state index contributed by atoms with van der Waals surface area (Å²) in [6.45, 7) is 3.99. The molecule has 1 aliphatic heterocycles. The minimum absolute atomic E-state index is 0.0563. The molecule has 6 heteroatoms. The smallest absolute Gasteiger partial charge is 0.317 e. The molecule has 2 amide bonds. The van der Waals surface area contributed by atoms with Crippen molar-refractivity contribution in [1.82, 2.24) is 10.2 Å². The van der Waals surface area contributed by atoms with Crippen molar-refractivity contribution in [1.29, 1.82) is 0 Å². The molecule has 0 saturated carbocycles. The Morgan fingerprint density at radius 2 is 2.37 bits per heavy atom. The average molecular weight is 285 g/mol. The number of halogens is 1. The van der Waals surface area contributed by atoms with E-state index in [1.54, 1.807) is 30.0 Å². The average Bonchev–Trinajstić information content (AvgIpc) is 2.77. The number of urea groups is 1. The normalized spacial score (nSPS) is 16.4. The van der Waals surface area contributed by atoms with Crippen LogP contribution >= 0.6 is 11.6 Å². The number of hydrogen-bond acceptors (Lipinski definition) is 3. The fourth-order valence-corrected chi connectivity index (χ4v) is 2.13. The summed E-state index contributed by atoms with van der Waals surface area (Å²) >= 11 is 6.07. The van der Waals surface area contributed by atoms with Crippen LogP contribution in [0.2, 0.25) is 5.02 Å². The third kappa shape index (κ3) is 3.52. The van der Waals surface area contributed by atoms with Crippen LogP contribution in [0.15, 0.2) is 18.2 Å². The molecule has 0 aromatic heterocycles. The number of aliphatic hydroxyl groups is 1. The van der Waals surface area contributed by atoms with Gasteiger partial charge >= 0.3 is 6.03 Å². The first-order valence-electron chi connectivity index (χ1n) is 6.21. The van der Waals surface area contributed by atoms with Gasteiger partial charge in [-0.3, -0.25) is 0 Å².